The SMILES string of the molecule is COc1ccc(-n2c(SCC(=O)c3ccccc3)nc3sc4c(c3c2=O)CCN(Cc2ccccc2)C4)cc1. The molecule has 0 saturated carbocycles. The van der Waals surface area contributed by atoms with Gasteiger partial charge >= 0.3 is 0 Å². The zero-order valence-corrected chi connectivity index (χ0v) is 23.1. The lowest BCUT2D eigenvalue weighted by Crippen LogP contribution is -2.30. The van der Waals surface area contributed by atoms with E-state index in [0.717, 1.165) is 36.4 Å². The van der Waals surface area contributed by atoms with Crippen LogP contribution in [0.3, 0.4) is 0 Å². The van der Waals surface area contributed by atoms with Gasteiger partial charge in [0.1, 0.15) is 10.6 Å². The van der Waals surface area contributed by atoms with Gasteiger partial charge in [-0.05, 0) is 41.8 Å². The van der Waals surface area contributed by atoms with Gasteiger partial charge < -0.3 is 4.74 Å². The van der Waals surface area contributed by atoms with E-state index in [4.69, 9.17) is 9.72 Å². The van der Waals surface area contributed by atoms with E-state index in [2.05, 4.69) is 29.2 Å². The lowest BCUT2D eigenvalue weighted by atomic mass is 10.0. The molecular weight excluding hydrogens is 526 g/mol. The monoisotopic (exact) mass is 553 g/mol. The number of ketones is 1. The highest BCUT2D eigenvalue weighted by molar-refractivity contribution is 7.99. The number of carbonyl (C=O) groups is 1. The highest BCUT2D eigenvalue weighted by Crippen LogP contribution is 2.35. The number of nitrogens with zero attached hydrogens (tertiary/aromatic N) is 3. The summed E-state index contributed by atoms with van der Waals surface area (Å²) in [5, 5.41) is 1.21. The maximum absolute atomic E-state index is 14.1. The third-order valence-electron chi connectivity index (χ3n) is 6.93. The molecule has 3 aromatic carbocycles. The molecule has 196 valence electrons. The summed E-state index contributed by atoms with van der Waals surface area (Å²) in [6.07, 6.45) is 0.806. The van der Waals surface area contributed by atoms with Gasteiger partial charge in [-0.25, -0.2) is 4.98 Å². The molecule has 8 heteroatoms. The number of Topliss-reactive ketones (excluding diaryl/α,β-unsaturated/α-hetero) is 1. The van der Waals surface area contributed by atoms with Gasteiger partial charge in [-0.3, -0.25) is 19.1 Å². The van der Waals surface area contributed by atoms with Crippen molar-refractivity contribution in [3.8, 4) is 11.4 Å². The zero-order valence-electron chi connectivity index (χ0n) is 21.5. The number of benzene rings is 3. The molecule has 1 aliphatic heterocycles. The smallest absolute Gasteiger partial charge is 0.267 e. The van der Waals surface area contributed by atoms with Gasteiger partial charge in [-0.2, -0.15) is 0 Å². The molecule has 0 radical (unpaired) electrons. The number of carbonyl (C=O) groups excluding carboxylic acids is 1. The standard InChI is InChI=1S/C31H27N3O3S2/c1-37-24-14-12-23(13-15-24)34-30(36)28-25-16-17-33(18-21-8-4-2-5-9-21)19-27(25)39-29(28)32-31(34)38-20-26(35)22-10-6-3-7-11-22/h2-15H,16-20H2,1H3. The van der Waals surface area contributed by atoms with Crippen molar-refractivity contribution in [1.82, 2.24) is 14.5 Å². The van der Waals surface area contributed by atoms with Crippen LogP contribution in [0.25, 0.3) is 15.9 Å². The fraction of sp³-hybridized carbons (Fsp3) is 0.194. The van der Waals surface area contributed by atoms with E-state index in [1.807, 2.05) is 60.7 Å². The van der Waals surface area contributed by atoms with Gasteiger partial charge in [0.25, 0.3) is 5.56 Å². The largest absolute Gasteiger partial charge is 0.497 e. The number of ether oxygens (including phenoxy) is 1. The number of rotatable bonds is 8. The Morgan fingerprint density at radius 3 is 2.44 bits per heavy atom. The molecule has 0 bridgehead atoms. The number of fused-ring (bicyclic) bond motifs is 3. The van der Waals surface area contributed by atoms with Gasteiger partial charge in [0.15, 0.2) is 10.9 Å². The Kier molecular flexibility index (Phi) is 7.32. The minimum Gasteiger partial charge on any atom is -0.497 e. The number of hydrogen-bond acceptors (Lipinski definition) is 7. The van der Waals surface area contributed by atoms with Crippen molar-refractivity contribution in [2.45, 2.75) is 24.7 Å². The van der Waals surface area contributed by atoms with E-state index in [0.29, 0.717) is 27.5 Å². The summed E-state index contributed by atoms with van der Waals surface area (Å²) in [5.41, 5.74) is 3.65. The molecule has 1 aliphatic rings. The molecule has 39 heavy (non-hydrogen) atoms. The fourth-order valence-corrected chi connectivity index (χ4v) is 7.16. The Hall–Kier alpha value is -3.72. The number of thiophene rings is 1. The van der Waals surface area contributed by atoms with Crippen LogP contribution in [0.2, 0.25) is 0 Å². The fourth-order valence-electron chi connectivity index (χ4n) is 4.95. The van der Waals surface area contributed by atoms with Gasteiger partial charge in [0, 0.05) is 30.1 Å². The first kappa shape index (κ1) is 25.6. The second-order valence-corrected chi connectivity index (χ2v) is 11.5. The third-order valence-corrected chi connectivity index (χ3v) is 8.98. The number of thioether (sulfide) groups is 1. The van der Waals surface area contributed by atoms with Crippen molar-refractivity contribution in [3.05, 3.63) is 117 Å². The predicted octanol–water partition coefficient (Wildman–Crippen LogP) is 5.99. The molecule has 0 amide bonds. The minimum absolute atomic E-state index is 0.00162. The predicted molar refractivity (Wildman–Crippen MR) is 158 cm³/mol. The van der Waals surface area contributed by atoms with E-state index in [1.54, 1.807) is 23.0 Å². The highest BCUT2D eigenvalue weighted by atomic mass is 32.2. The summed E-state index contributed by atoms with van der Waals surface area (Å²) < 4.78 is 6.97. The van der Waals surface area contributed by atoms with Gasteiger partial charge in [-0.15, -0.1) is 11.3 Å². The van der Waals surface area contributed by atoms with Crippen LogP contribution >= 0.6 is 23.1 Å². The molecule has 3 heterocycles. The number of hydrogen-bond donors (Lipinski definition) is 0. The molecule has 0 saturated heterocycles. The normalized spacial score (nSPS) is 13.4. The lowest BCUT2D eigenvalue weighted by molar-refractivity contribution is 0.102. The molecule has 0 unspecified atom stereocenters. The Morgan fingerprint density at radius 1 is 1.00 bits per heavy atom. The first-order chi connectivity index (χ1) is 19.1. The van der Waals surface area contributed by atoms with E-state index >= 15 is 0 Å². The van der Waals surface area contributed by atoms with Crippen molar-refractivity contribution in [2.24, 2.45) is 0 Å². The minimum atomic E-state index is -0.0890. The maximum Gasteiger partial charge on any atom is 0.267 e. The number of methoxy groups -OCH3 is 1. The molecule has 0 aliphatic carbocycles. The summed E-state index contributed by atoms with van der Waals surface area (Å²) in [7, 11) is 1.62. The topological polar surface area (TPSA) is 64.4 Å². The van der Waals surface area contributed by atoms with Crippen LogP contribution in [0.15, 0.2) is 94.9 Å². The molecule has 0 N–H and O–H groups in total. The van der Waals surface area contributed by atoms with E-state index < -0.39 is 0 Å². The van der Waals surface area contributed by atoms with Crippen LogP contribution in [0, 0.1) is 0 Å². The third kappa shape index (κ3) is 5.28. The molecule has 0 fully saturated rings. The van der Waals surface area contributed by atoms with Crippen LogP contribution in [0.1, 0.15) is 26.4 Å². The van der Waals surface area contributed by atoms with Crippen LogP contribution in [0.5, 0.6) is 5.75 Å². The zero-order chi connectivity index (χ0) is 26.8. The van der Waals surface area contributed by atoms with Crippen LogP contribution in [-0.2, 0) is 19.5 Å². The van der Waals surface area contributed by atoms with Crippen molar-refractivity contribution in [2.75, 3.05) is 19.4 Å². The van der Waals surface area contributed by atoms with Crippen molar-refractivity contribution >= 4 is 39.1 Å². The van der Waals surface area contributed by atoms with Gasteiger partial charge in [-0.1, -0.05) is 72.4 Å². The molecule has 6 rings (SSSR count). The molecule has 0 atom stereocenters. The van der Waals surface area contributed by atoms with Crippen LogP contribution in [0.4, 0.5) is 0 Å². The average molecular weight is 554 g/mol. The summed E-state index contributed by atoms with van der Waals surface area (Å²) in [6, 6.07) is 27.1. The summed E-state index contributed by atoms with van der Waals surface area (Å²) >= 11 is 2.90. The van der Waals surface area contributed by atoms with Crippen LogP contribution < -0.4 is 10.3 Å². The van der Waals surface area contributed by atoms with E-state index in [-0.39, 0.29) is 17.1 Å². The summed E-state index contributed by atoms with van der Waals surface area (Å²) in [4.78, 5) is 36.3. The Bertz CT molecular complexity index is 1680. The summed E-state index contributed by atoms with van der Waals surface area (Å²) in [5.74, 6) is 0.896. The van der Waals surface area contributed by atoms with Crippen molar-refractivity contribution < 1.29 is 9.53 Å². The quantitative estimate of drug-likeness (QED) is 0.134. The molecular formula is C31H27N3O3S2. The van der Waals surface area contributed by atoms with Crippen molar-refractivity contribution in [1.29, 1.82) is 0 Å². The second-order valence-electron chi connectivity index (χ2n) is 9.44. The number of aromatic nitrogens is 2. The van der Waals surface area contributed by atoms with Gasteiger partial charge in [0.05, 0.1) is 23.9 Å². The highest BCUT2D eigenvalue weighted by Gasteiger charge is 2.26. The van der Waals surface area contributed by atoms with E-state index in [1.165, 1.54) is 22.2 Å². The average Bonchev–Trinajstić information content (AvgIpc) is 3.35. The van der Waals surface area contributed by atoms with Gasteiger partial charge in [0.2, 0.25) is 0 Å². The summed E-state index contributed by atoms with van der Waals surface area (Å²) in [6.45, 7) is 2.56. The lowest BCUT2D eigenvalue weighted by Gasteiger charge is -2.26. The molecule has 5 aromatic rings. The molecule has 0 spiro atoms. The maximum atomic E-state index is 14.1. The first-order valence-electron chi connectivity index (χ1n) is 12.8. The molecule has 2 aromatic heterocycles. The van der Waals surface area contributed by atoms with E-state index in [9.17, 15) is 9.59 Å². The Balaban J connectivity index is 1.38. The Morgan fingerprint density at radius 2 is 1.72 bits per heavy atom. The van der Waals surface area contributed by atoms with Crippen LogP contribution in [-0.4, -0.2) is 39.6 Å². The molecule has 6 nitrogen and oxygen atoms in total. The Labute approximate surface area is 234 Å². The second kappa shape index (κ2) is 11.2. The van der Waals surface area contributed by atoms with Crippen molar-refractivity contribution in [3.63, 3.8) is 0 Å². The first-order valence-corrected chi connectivity index (χ1v) is 14.6.